The maximum absolute atomic E-state index is 12.3. The lowest BCUT2D eigenvalue weighted by Crippen LogP contribution is -2.49. The number of rotatable bonds is 2. The van der Waals surface area contributed by atoms with Gasteiger partial charge in [0.15, 0.2) is 5.69 Å². The van der Waals surface area contributed by atoms with Crippen molar-refractivity contribution in [1.29, 1.82) is 0 Å². The van der Waals surface area contributed by atoms with Gasteiger partial charge in [0.25, 0.3) is 5.91 Å². The molecular formula is C13H18N4O2. The number of likely N-dealkylation sites (tertiary alicyclic amines) is 1. The molecule has 1 aromatic heterocycles. The second-order valence-electron chi connectivity index (χ2n) is 4.73. The predicted octanol–water partition coefficient (Wildman–Crippen LogP) is 0.404. The molecule has 0 aliphatic carbocycles. The minimum absolute atomic E-state index is 0.0140. The molecule has 2 heterocycles. The van der Waals surface area contributed by atoms with Crippen LogP contribution in [0.4, 0.5) is 5.69 Å². The maximum Gasteiger partial charge on any atom is 0.274 e. The Morgan fingerprint density at radius 2 is 2.32 bits per heavy atom. The fourth-order valence-corrected chi connectivity index (χ4v) is 2.31. The van der Waals surface area contributed by atoms with Crippen molar-refractivity contribution in [3.8, 4) is 0 Å². The van der Waals surface area contributed by atoms with E-state index in [0.29, 0.717) is 18.8 Å². The number of hydrogen-bond acceptors (Lipinski definition) is 4. The van der Waals surface area contributed by atoms with Crippen LogP contribution in [0.2, 0.25) is 0 Å². The Balaban J connectivity index is 2.07. The molecule has 6 nitrogen and oxygen atoms in total. The predicted molar refractivity (Wildman–Crippen MR) is 71.4 cm³/mol. The summed E-state index contributed by atoms with van der Waals surface area (Å²) in [4.78, 5) is 29.1. The molecule has 0 spiro atoms. The summed E-state index contributed by atoms with van der Waals surface area (Å²) < 4.78 is 0. The molecule has 1 aliphatic rings. The normalized spacial score (nSPS) is 19.0. The topological polar surface area (TPSA) is 88.3 Å². The van der Waals surface area contributed by atoms with Gasteiger partial charge in [-0.1, -0.05) is 0 Å². The van der Waals surface area contributed by atoms with Gasteiger partial charge in [0.2, 0.25) is 5.91 Å². The molecule has 0 bridgehead atoms. The van der Waals surface area contributed by atoms with Crippen molar-refractivity contribution in [3.05, 3.63) is 24.0 Å². The summed E-state index contributed by atoms with van der Waals surface area (Å²) in [6, 6.07) is 3.37. The van der Waals surface area contributed by atoms with Gasteiger partial charge >= 0.3 is 0 Å². The van der Waals surface area contributed by atoms with E-state index in [1.807, 2.05) is 0 Å². The lowest BCUT2D eigenvalue weighted by molar-refractivity contribution is -0.120. The molecule has 3 N–H and O–H groups in total. The van der Waals surface area contributed by atoms with Crippen molar-refractivity contribution in [2.24, 2.45) is 0 Å². The number of nitrogens with zero attached hydrogens (tertiary/aromatic N) is 2. The lowest BCUT2D eigenvalue weighted by atomic mass is 10.0. The van der Waals surface area contributed by atoms with E-state index in [2.05, 4.69) is 10.3 Å². The van der Waals surface area contributed by atoms with Gasteiger partial charge in [0.05, 0.1) is 5.69 Å². The molecule has 102 valence electrons. The van der Waals surface area contributed by atoms with Gasteiger partial charge in [-0.2, -0.15) is 0 Å². The Labute approximate surface area is 112 Å². The molecule has 19 heavy (non-hydrogen) atoms. The zero-order valence-corrected chi connectivity index (χ0v) is 10.9. The molecule has 2 amide bonds. The standard InChI is InChI=1S/C13H18N4O2/c1-9(18)16-10-4-3-7-17(8-10)13(19)12-11(14)5-2-6-15-12/h2,5-6,10H,3-4,7-8,14H2,1H3,(H,16,18). The fourth-order valence-electron chi connectivity index (χ4n) is 2.31. The average molecular weight is 262 g/mol. The highest BCUT2D eigenvalue weighted by Crippen LogP contribution is 2.16. The molecular weight excluding hydrogens is 244 g/mol. The third-order valence-electron chi connectivity index (χ3n) is 3.16. The molecule has 1 aromatic rings. The Morgan fingerprint density at radius 3 is 3.00 bits per heavy atom. The quantitative estimate of drug-likeness (QED) is 0.807. The molecule has 1 atom stereocenters. The summed E-state index contributed by atoms with van der Waals surface area (Å²) in [6.45, 7) is 2.66. The molecule has 6 heteroatoms. The molecule has 1 aliphatic heterocycles. The number of nitrogens with one attached hydrogen (secondary N) is 1. The van der Waals surface area contributed by atoms with E-state index >= 15 is 0 Å². The van der Waals surface area contributed by atoms with E-state index < -0.39 is 0 Å². The molecule has 1 unspecified atom stereocenters. The van der Waals surface area contributed by atoms with Crippen LogP contribution in [-0.2, 0) is 4.79 Å². The summed E-state index contributed by atoms with van der Waals surface area (Å²) >= 11 is 0. The largest absolute Gasteiger partial charge is 0.397 e. The van der Waals surface area contributed by atoms with Gasteiger partial charge in [0, 0.05) is 32.3 Å². The number of hydrogen-bond donors (Lipinski definition) is 2. The summed E-state index contributed by atoms with van der Waals surface area (Å²) in [7, 11) is 0. The fraction of sp³-hybridized carbons (Fsp3) is 0.462. The zero-order valence-electron chi connectivity index (χ0n) is 10.9. The van der Waals surface area contributed by atoms with E-state index in [1.165, 1.54) is 6.92 Å². The van der Waals surface area contributed by atoms with E-state index in [1.54, 1.807) is 23.2 Å². The van der Waals surface area contributed by atoms with Crippen LogP contribution >= 0.6 is 0 Å². The number of carbonyl (C=O) groups excluding carboxylic acids is 2. The average Bonchev–Trinajstić information content (AvgIpc) is 2.38. The number of piperidine rings is 1. The molecule has 2 rings (SSSR count). The number of carbonyl (C=O) groups is 2. The second-order valence-corrected chi connectivity index (χ2v) is 4.73. The van der Waals surface area contributed by atoms with Gasteiger partial charge in [-0.3, -0.25) is 9.59 Å². The van der Waals surface area contributed by atoms with Gasteiger partial charge in [-0.05, 0) is 25.0 Å². The lowest BCUT2D eigenvalue weighted by Gasteiger charge is -2.32. The second kappa shape index (κ2) is 5.69. The molecule has 1 saturated heterocycles. The summed E-state index contributed by atoms with van der Waals surface area (Å²) in [5.41, 5.74) is 6.43. The Morgan fingerprint density at radius 1 is 1.53 bits per heavy atom. The first-order valence-corrected chi connectivity index (χ1v) is 6.35. The number of pyridine rings is 1. The van der Waals surface area contributed by atoms with Gasteiger partial charge in [-0.15, -0.1) is 0 Å². The third-order valence-corrected chi connectivity index (χ3v) is 3.16. The number of anilines is 1. The molecule has 0 saturated carbocycles. The van der Waals surface area contributed by atoms with Crippen molar-refractivity contribution in [2.45, 2.75) is 25.8 Å². The van der Waals surface area contributed by atoms with E-state index in [4.69, 9.17) is 5.73 Å². The highest BCUT2D eigenvalue weighted by molar-refractivity contribution is 5.97. The first-order valence-electron chi connectivity index (χ1n) is 6.35. The molecule has 0 radical (unpaired) electrons. The minimum Gasteiger partial charge on any atom is -0.397 e. The minimum atomic E-state index is -0.173. The Bertz CT molecular complexity index is 489. The van der Waals surface area contributed by atoms with Crippen molar-refractivity contribution in [2.75, 3.05) is 18.8 Å². The van der Waals surface area contributed by atoms with Gasteiger partial charge < -0.3 is 16.0 Å². The number of nitrogen functional groups attached to an aromatic ring is 1. The summed E-state index contributed by atoms with van der Waals surface area (Å²) in [6.07, 6.45) is 3.31. The zero-order chi connectivity index (χ0) is 13.8. The number of aromatic nitrogens is 1. The van der Waals surface area contributed by atoms with Crippen LogP contribution in [0.1, 0.15) is 30.3 Å². The van der Waals surface area contributed by atoms with Crippen molar-refractivity contribution >= 4 is 17.5 Å². The van der Waals surface area contributed by atoms with Crippen LogP contribution in [0.3, 0.4) is 0 Å². The SMILES string of the molecule is CC(=O)NC1CCCN(C(=O)c2ncccc2N)C1. The molecule has 0 aromatic carbocycles. The Kier molecular flexibility index (Phi) is 3.99. The van der Waals surface area contributed by atoms with Crippen LogP contribution in [0.15, 0.2) is 18.3 Å². The van der Waals surface area contributed by atoms with Crippen LogP contribution in [0.25, 0.3) is 0 Å². The number of nitrogens with two attached hydrogens (primary N) is 1. The highest BCUT2D eigenvalue weighted by atomic mass is 16.2. The van der Waals surface area contributed by atoms with Crippen LogP contribution in [0, 0.1) is 0 Å². The van der Waals surface area contributed by atoms with Crippen molar-refractivity contribution < 1.29 is 9.59 Å². The van der Waals surface area contributed by atoms with Crippen LogP contribution in [0.5, 0.6) is 0 Å². The Hall–Kier alpha value is -2.11. The smallest absolute Gasteiger partial charge is 0.274 e. The first kappa shape index (κ1) is 13.3. The van der Waals surface area contributed by atoms with Gasteiger partial charge in [-0.25, -0.2) is 4.98 Å². The third kappa shape index (κ3) is 3.21. The monoisotopic (exact) mass is 262 g/mol. The van der Waals surface area contributed by atoms with E-state index in [9.17, 15) is 9.59 Å². The van der Waals surface area contributed by atoms with E-state index in [-0.39, 0.29) is 23.6 Å². The van der Waals surface area contributed by atoms with Gasteiger partial charge in [0.1, 0.15) is 0 Å². The van der Waals surface area contributed by atoms with Crippen molar-refractivity contribution in [3.63, 3.8) is 0 Å². The number of amides is 2. The summed E-state index contributed by atoms with van der Waals surface area (Å²) in [5, 5.41) is 2.85. The maximum atomic E-state index is 12.3. The van der Waals surface area contributed by atoms with Crippen molar-refractivity contribution in [1.82, 2.24) is 15.2 Å². The van der Waals surface area contributed by atoms with Crippen LogP contribution in [-0.4, -0.2) is 40.8 Å². The van der Waals surface area contributed by atoms with E-state index in [0.717, 1.165) is 12.8 Å². The highest BCUT2D eigenvalue weighted by Gasteiger charge is 2.26. The molecule has 1 fully saturated rings. The summed E-state index contributed by atoms with van der Waals surface area (Å²) in [5.74, 6) is -0.246. The first-order chi connectivity index (χ1) is 9.08. The van der Waals surface area contributed by atoms with Crippen LogP contribution < -0.4 is 11.1 Å².